The summed E-state index contributed by atoms with van der Waals surface area (Å²) < 4.78 is 8.01. The van der Waals surface area contributed by atoms with E-state index in [1.165, 1.54) is 0 Å². The number of nitrogens with zero attached hydrogens (tertiary/aromatic N) is 1. The zero-order valence-electron chi connectivity index (χ0n) is 16.0. The number of carbonyl (C=O) groups excluding carboxylic acids is 1. The van der Waals surface area contributed by atoms with Crippen LogP contribution in [0.3, 0.4) is 0 Å². The number of para-hydroxylation sites is 2. The Hall–Kier alpha value is -2.70. The van der Waals surface area contributed by atoms with Crippen molar-refractivity contribution >= 4 is 49.1 Å². The second kappa shape index (κ2) is 7.97. The number of hydrogen-bond acceptors (Lipinski definition) is 4. The number of aromatic nitrogens is 1. The van der Waals surface area contributed by atoms with E-state index in [2.05, 4.69) is 21.2 Å². The third-order valence-electron chi connectivity index (χ3n) is 4.43. The molecule has 4 rings (SSSR count). The van der Waals surface area contributed by atoms with Gasteiger partial charge in [-0.25, -0.2) is 4.98 Å². The largest absolute Gasteiger partial charge is 0.478 e. The predicted octanol–water partition coefficient (Wildman–Crippen LogP) is 6.52. The molecule has 0 fully saturated rings. The summed E-state index contributed by atoms with van der Waals surface area (Å²) in [6, 6.07) is 23.1. The highest BCUT2D eigenvalue weighted by Crippen LogP contribution is 2.35. The number of ether oxygens (including phenoxy) is 1. The number of halogens is 1. The minimum atomic E-state index is -1.05. The average molecular weight is 467 g/mol. The van der Waals surface area contributed by atoms with Crippen LogP contribution in [0.15, 0.2) is 77.3 Å². The molecule has 1 aromatic heterocycles. The molecule has 4 aromatic rings. The first-order valence-corrected chi connectivity index (χ1v) is 10.7. The van der Waals surface area contributed by atoms with E-state index in [4.69, 9.17) is 9.72 Å². The molecule has 3 aromatic carbocycles. The van der Waals surface area contributed by atoms with Gasteiger partial charge in [-0.05, 0) is 62.4 Å². The summed E-state index contributed by atoms with van der Waals surface area (Å²) in [7, 11) is 0. The summed E-state index contributed by atoms with van der Waals surface area (Å²) in [5.41, 5.74) is 1.51. The van der Waals surface area contributed by atoms with Crippen molar-refractivity contribution in [2.75, 3.05) is 5.32 Å². The molecule has 1 N–H and O–H groups in total. The van der Waals surface area contributed by atoms with Gasteiger partial charge in [0.1, 0.15) is 10.8 Å². The highest BCUT2D eigenvalue weighted by atomic mass is 79.9. The van der Waals surface area contributed by atoms with Gasteiger partial charge in [0.2, 0.25) is 0 Å². The number of nitrogens with one attached hydrogen (secondary N) is 1. The smallest absolute Gasteiger partial charge is 0.267 e. The quantitative estimate of drug-likeness (QED) is 0.364. The monoisotopic (exact) mass is 466 g/mol. The van der Waals surface area contributed by atoms with E-state index < -0.39 is 5.60 Å². The summed E-state index contributed by atoms with van der Waals surface area (Å²) in [6.45, 7) is 3.51. The van der Waals surface area contributed by atoms with Gasteiger partial charge in [-0.15, -0.1) is 11.3 Å². The lowest BCUT2D eigenvalue weighted by atomic mass is 10.1. The van der Waals surface area contributed by atoms with Gasteiger partial charge in [-0.2, -0.15) is 0 Å². The molecule has 146 valence electrons. The normalized spacial score (nSPS) is 11.4. The molecule has 0 saturated carbocycles. The van der Waals surface area contributed by atoms with E-state index >= 15 is 0 Å². The molecule has 0 unspecified atom stereocenters. The van der Waals surface area contributed by atoms with Gasteiger partial charge in [-0.3, -0.25) is 4.79 Å². The summed E-state index contributed by atoms with van der Waals surface area (Å²) in [4.78, 5) is 17.7. The molecule has 29 heavy (non-hydrogen) atoms. The van der Waals surface area contributed by atoms with Crippen LogP contribution in [0.5, 0.6) is 5.75 Å². The van der Waals surface area contributed by atoms with Crippen molar-refractivity contribution in [3.05, 3.63) is 77.3 Å². The molecule has 0 bridgehead atoms. The first-order valence-electron chi connectivity index (χ1n) is 9.13. The van der Waals surface area contributed by atoms with Crippen LogP contribution in [-0.4, -0.2) is 16.5 Å². The van der Waals surface area contributed by atoms with Crippen LogP contribution in [0.25, 0.3) is 20.8 Å². The topological polar surface area (TPSA) is 51.2 Å². The van der Waals surface area contributed by atoms with Crippen molar-refractivity contribution in [1.29, 1.82) is 0 Å². The third kappa shape index (κ3) is 4.33. The minimum absolute atomic E-state index is 0.228. The van der Waals surface area contributed by atoms with E-state index in [0.29, 0.717) is 11.4 Å². The Labute approximate surface area is 181 Å². The van der Waals surface area contributed by atoms with Crippen molar-refractivity contribution < 1.29 is 9.53 Å². The van der Waals surface area contributed by atoms with Crippen LogP contribution in [0.1, 0.15) is 13.8 Å². The summed E-state index contributed by atoms with van der Waals surface area (Å²) >= 11 is 5.01. The number of hydrogen-bond donors (Lipinski definition) is 1. The van der Waals surface area contributed by atoms with E-state index in [1.807, 2.05) is 72.8 Å². The van der Waals surface area contributed by atoms with Crippen LogP contribution in [0, 0.1) is 0 Å². The molecule has 0 spiro atoms. The van der Waals surface area contributed by atoms with Crippen molar-refractivity contribution in [3.63, 3.8) is 0 Å². The molecule has 6 heteroatoms. The molecular formula is C23H19BrN2O2S. The Balaban J connectivity index is 1.59. The van der Waals surface area contributed by atoms with Crippen molar-refractivity contribution in [2.24, 2.45) is 0 Å². The number of carbonyl (C=O) groups is 1. The molecule has 0 aliphatic carbocycles. The summed E-state index contributed by atoms with van der Waals surface area (Å²) in [6.07, 6.45) is 0. The highest BCUT2D eigenvalue weighted by molar-refractivity contribution is 9.10. The fourth-order valence-electron chi connectivity index (χ4n) is 2.88. The van der Waals surface area contributed by atoms with E-state index in [9.17, 15) is 4.79 Å². The van der Waals surface area contributed by atoms with Gasteiger partial charge in [0.05, 0.1) is 15.9 Å². The predicted molar refractivity (Wildman–Crippen MR) is 123 cm³/mol. The molecule has 0 saturated heterocycles. The van der Waals surface area contributed by atoms with Crippen LogP contribution in [0.2, 0.25) is 0 Å². The number of thiazole rings is 1. The van der Waals surface area contributed by atoms with Crippen LogP contribution in [0.4, 0.5) is 5.69 Å². The first kappa shape index (κ1) is 19.6. The standard InChI is InChI=1S/C23H19BrN2O2S/c1-23(2,28-16-13-11-15(24)12-14-16)22(27)26-18-8-4-3-7-17(18)21-25-19-9-5-6-10-20(19)29-21/h3-14H,1-2H3,(H,26,27). The Kier molecular flexibility index (Phi) is 5.39. The molecule has 4 nitrogen and oxygen atoms in total. The van der Waals surface area contributed by atoms with Gasteiger partial charge in [0.25, 0.3) is 5.91 Å². The van der Waals surface area contributed by atoms with Crippen molar-refractivity contribution in [1.82, 2.24) is 4.98 Å². The van der Waals surface area contributed by atoms with E-state index in [-0.39, 0.29) is 5.91 Å². The number of benzene rings is 3. The third-order valence-corrected chi connectivity index (χ3v) is 6.03. The Morgan fingerprint density at radius 3 is 2.45 bits per heavy atom. The Bertz CT molecular complexity index is 1140. The van der Waals surface area contributed by atoms with Crippen molar-refractivity contribution in [2.45, 2.75) is 19.4 Å². The zero-order valence-corrected chi connectivity index (χ0v) is 18.4. The molecule has 0 radical (unpaired) electrons. The lowest BCUT2D eigenvalue weighted by molar-refractivity contribution is -0.128. The highest BCUT2D eigenvalue weighted by Gasteiger charge is 2.30. The van der Waals surface area contributed by atoms with Gasteiger partial charge in [0.15, 0.2) is 5.60 Å². The molecule has 0 aliphatic heterocycles. The maximum atomic E-state index is 13.0. The lowest BCUT2D eigenvalue weighted by Crippen LogP contribution is -2.42. The van der Waals surface area contributed by atoms with Crippen molar-refractivity contribution in [3.8, 4) is 16.3 Å². The second-order valence-corrected chi connectivity index (χ2v) is 9.00. The number of fused-ring (bicyclic) bond motifs is 1. The second-order valence-electron chi connectivity index (χ2n) is 7.05. The fraction of sp³-hybridized carbons (Fsp3) is 0.130. The lowest BCUT2D eigenvalue weighted by Gasteiger charge is -2.25. The van der Waals surface area contributed by atoms with E-state index in [1.54, 1.807) is 25.2 Å². The van der Waals surface area contributed by atoms with Crippen LogP contribution < -0.4 is 10.1 Å². The molecule has 1 amide bonds. The summed E-state index contributed by atoms with van der Waals surface area (Å²) in [5, 5.41) is 3.89. The fourth-order valence-corrected chi connectivity index (χ4v) is 4.15. The number of anilines is 1. The number of rotatable bonds is 5. The SMILES string of the molecule is CC(C)(Oc1ccc(Br)cc1)C(=O)Nc1ccccc1-c1nc2ccccc2s1. The Morgan fingerprint density at radius 1 is 1.00 bits per heavy atom. The van der Waals surface area contributed by atoms with Gasteiger partial charge < -0.3 is 10.1 Å². The zero-order chi connectivity index (χ0) is 20.4. The van der Waals surface area contributed by atoms with Crippen LogP contribution in [-0.2, 0) is 4.79 Å². The molecule has 0 atom stereocenters. The molecule has 1 heterocycles. The Morgan fingerprint density at radius 2 is 1.69 bits per heavy atom. The maximum absolute atomic E-state index is 13.0. The van der Waals surface area contributed by atoms with Crippen LogP contribution >= 0.6 is 27.3 Å². The molecular weight excluding hydrogens is 448 g/mol. The van der Waals surface area contributed by atoms with Gasteiger partial charge in [0, 0.05) is 10.0 Å². The minimum Gasteiger partial charge on any atom is -0.478 e. The molecule has 0 aliphatic rings. The number of amides is 1. The maximum Gasteiger partial charge on any atom is 0.267 e. The van der Waals surface area contributed by atoms with Gasteiger partial charge in [-0.1, -0.05) is 40.2 Å². The van der Waals surface area contributed by atoms with Gasteiger partial charge >= 0.3 is 0 Å². The summed E-state index contributed by atoms with van der Waals surface area (Å²) in [5.74, 6) is 0.404. The van der Waals surface area contributed by atoms with E-state index in [0.717, 1.165) is 25.3 Å². The average Bonchev–Trinajstić information content (AvgIpc) is 3.14. The first-order chi connectivity index (χ1) is 13.9.